The number of aromatic nitrogens is 2. The lowest BCUT2D eigenvalue weighted by molar-refractivity contribution is -0.117. The predicted octanol–water partition coefficient (Wildman–Crippen LogP) is 3.37. The monoisotopic (exact) mass is 324 g/mol. The van der Waals surface area contributed by atoms with Crippen LogP contribution in [-0.2, 0) is 11.2 Å². The van der Waals surface area contributed by atoms with Gasteiger partial charge in [-0.25, -0.2) is 9.97 Å². The number of primary amides is 1. The first kappa shape index (κ1) is 15.2. The summed E-state index contributed by atoms with van der Waals surface area (Å²) in [5.41, 5.74) is 8.03. The number of hydrogen-bond acceptors (Lipinski definition) is 5. The Bertz CT molecular complexity index is 785. The highest BCUT2D eigenvalue weighted by Crippen LogP contribution is 2.23. The van der Waals surface area contributed by atoms with Crippen molar-refractivity contribution in [1.82, 2.24) is 9.97 Å². The molecule has 2 heterocycles. The molecule has 3 rings (SSSR count). The maximum absolute atomic E-state index is 10.8. The third-order valence-electron chi connectivity index (χ3n) is 3.30. The minimum absolute atomic E-state index is 0.286. The molecule has 1 aromatic carbocycles. The largest absolute Gasteiger partial charge is 0.370 e. The van der Waals surface area contributed by atoms with Gasteiger partial charge < -0.3 is 11.1 Å². The Hall–Kier alpha value is -2.73. The maximum Gasteiger partial charge on any atom is 0.227 e. The lowest BCUT2D eigenvalue weighted by Crippen LogP contribution is -2.11. The highest BCUT2D eigenvalue weighted by atomic mass is 32.1. The van der Waals surface area contributed by atoms with Crippen molar-refractivity contribution in [2.75, 3.05) is 5.32 Å². The van der Waals surface area contributed by atoms with Crippen LogP contribution >= 0.6 is 11.3 Å². The molecule has 3 aromatic rings. The van der Waals surface area contributed by atoms with E-state index in [-0.39, 0.29) is 5.91 Å². The number of nitrogens with two attached hydrogens (primary N) is 1. The number of carbonyl (C=O) groups excluding carboxylic acids is 1. The second kappa shape index (κ2) is 7.02. The Balaban J connectivity index is 1.70. The second-order valence-corrected chi connectivity index (χ2v) is 5.98. The molecular formula is C17H16N4OS. The average Bonchev–Trinajstić information content (AvgIpc) is 3.09. The Morgan fingerprint density at radius 3 is 2.70 bits per heavy atom. The molecule has 0 saturated carbocycles. The molecule has 116 valence electrons. The van der Waals surface area contributed by atoms with Crippen molar-refractivity contribution >= 4 is 28.9 Å². The molecule has 0 aliphatic carbocycles. The number of aryl methyl sites for hydroxylation is 1. The van der Waals surface area contributed by atoms with E-state index in [4.69, 9.17) is 5.73 Å². The van der Waals surface area contributed by atoms with Crippen LogP contribution < -0.4 is 11.1 Å². The number of amides is 1. The molecule has 2 aromatic heterocycles. The van der Waals surface area contributed by atoms with Gasteiger partial charge in [-0.05, 0) is 41.6 Å². The quantitative estimate of drug-likeness (QED) is 0.728. The number of rotatable bonds is 6. The number of hydrogen-bond donors (Lipinski definition) is 2. The molecule has 6 heteroatoms. The van der Waals surface area contributed by atoms with Crippen molar-refractivity contribution < 1.29 is 4.79 Å². The first-order chi connectivity index (χ1) is 11.2. The minimum Gasteiger partial charge on any atom is -0.370 e. The topological polar surface area (TPSA) is 80.9 Å². The Kier molecular flexibility index (Phi) is 4.63. The molecule has 0 spiro atoms. The molecule has 5 nitrogen and oxygen atoms in total. The van der Waals surface area contributed by atoms with E-state index in [1.54, 1.807) is 17.5 Å². The van der Waals surface area contributed by atoms with Crippen LogP contribution in [0.1, 0.15) is 12.0 Å². The van der Waals surface area contributed by atoms with E-state index >= 15 is 0 Å². The van der Waals surface area contributed by atoms with E-state index in [2.05, 4.69) is 15.3 Å². The smallest absolute Gasteiger partial charge is 0.227 e. The molecule has 0 saturated heterocycles. The van der Waals surface area contributed by atoms with Crippen molar-refractivity contribution in [2.24, 2.45) is 5.73 Å². The number of benzene rings is 1. The van der Waals surface area contributed by atoms with Gasteiger partial charge in [0.1, 0.15) is 0 Å². The minimum atomic E-state index is -0.286. The molecule has 0 aliphatic heterocycles. The number of anilines is 2. The molecule has 23 heavy (non-hydrogen) atoms. The zero-order valence-corrected chi connectivity index (χ0v) is 13.2. The molecule has 3 N–H and O–H groups in total. The van der Waals surface area contributed by atoms with Crippen LogP contribution in [0, 0.1) is 0 Å². The van der Waals surface area contributed by atoms with Crippen LogP contribution in [0.3, 0.4) is 0 Å². The van der Waals surface area contributed by atoms with Crippen molar-refractivity contribution in [3.8, 4) is 10.6 Å². The predicted molar refractivity (Wildman–Crippen MR) is 92.6 cm³/mol. The summed E-state index contributed by atoms with van der Waals surface area (Å²) in [6.45, 7) is 0. The summed E-state index contributed by atoms with van der Waals surface area (Å²) in [7, 11) is 0. The average molecular weight is 324 g/mol. The molecule has 0 bridgehead atoms. The van der Waals surface area contributed by atoms with Crippen LogP contribution in [-0.4, -0.2) is 15.9 Å². The van der Waals surface area contributed by atoms with E-state index in [1.807, 2.05) is 47.8 Å². The molecule has 0 aliphatic rings. The van der Waals surface area contributed by atoms with Gasteiger partial charge >= 0.3 is 0 Å². The van der Waals surface area contributed by atoms with Gasteiger partial charge in [0.05, 0.1) is 10.6 Å². The van der Waals surface area contributed by atoms with Gasteiger partial charge in [0.25, 0.3) is 0 Å². The van der Waals surface area contributed by atoms with Gasteiger partial charge in [-0.3, -0.25) is 4.79 Å². The van der Waals surface area contributed by atoms with Crippen LogP contribution in [0.5, 0.6) is 0 Å². The summed E-state index contributed by atoms with van der Waals surface area (Å²) in [5, 5.41) is 5.21. The van der Waals surface area contributed by atoms with Gasteiger partial charge in [0.2, 0.25) is 11.9 Å². The zero-order valence-electron chi connectivity index (χ0n) is 12.4. The first-order valence-corrected chi connectivity index (χ1v) is 8.10. The number of nitrogens with zero attached hydrogens (tertiary/aromatic N) is 2. The summed E-state index contributed by atoms with van der Waals surface area (Å²) in [4.78, 5) is 20.7. The van der Waals surface area contributed by atoms with Gasteiger partial charge in [-0.15, -0.1) is 11.3 Å². The number of carbonyl (C=O) groups is 1. The molecule has 0 radical (unpaired) electrons. The van der Waals surface area contributed by atoms with Gasteiger partial charge in [0.15, 0.2) is 0 Å². The lowest BCUT2D eigenvalue weighted by atomic mass is 10.1. The summed E-state index contributed by atoms with van der Waals surface area (Å²) in [6, 6.07) is 13.7. The van der Waals surface area contributed by atoms with Crippen LogP contribution in [0.25, 0.3) is 10.6 Å². The second-order valence-electron chi connectivity index (χ2n) is 5.03. The SMILES string of the molecule is NC(=O)CCc1ccc(Nc2nccc(-c3cccs3)n2)cc1. The molecule has 0 unspecified atom stereocenters. The van der Waals surface area contributed by atoms with Crippen molar-refractivity contribution in [3.05, 3.63) is 59.6 Å². The number of thiophene rings is 1. The van der Waals surface area contributed by atoms with Gasteiger partial charge in [-0.1, -0.05) is 18.2 Å². The fourth-order valence-corrected chi connectivity index (χ4v) is 2.83. The summed E-state index contributed by atoms with van der Waals surface area (Å²) in [5.74, 6) is 0.270. The molecule has 1 amide bonds. The standard InChI is InChI=1S/C17H16N4OS/c18-16(22)8-5-12-3-6-13(7-4-12)20-17-19-10-9-14(21-17)15-2-1-11-23-15/h1-4,6-7,9-11H,5,8H2,(H2,18,22)(H,19,20,21). The van der Waals surface area contributed by atoms with Crippen LogP contribution in [0.4, 0.5) is 11.6 Å². The Labute approximate surface area is 138 Å². The highest BCUT2D eigenvalue weighted by Gasteiger charge is 2.04. The van der Waals surface area contributed by atoms with E-state index in [9.17, 15) is 4.79 Å². The normalized spacial score (nSPS) is 10.4. The summed E-state index contributed by atoms with van der Waals surface area (Å²) < 4.78 is 0. The third kappa shape index (κ3) is 4.14. The van der Waals surface area contributed by atoms with Crippen LogP contribution in [0.2, 0.25) is 0 Å². The van der Waals surface area contributed by atoms with E-state index in [0.717, 1.165) is 21.8 Å². The first-order valence-electron chi connectivity index (χ1n) is 7.22. The Morgan fingerprint density at radius 1 is 1.17 bits per heavy atom. The maximum atomic E-state index is 10.8. The summed E-state index contributed by atoms with van der Waals surface area (Å²) in [6.07, 6.45) is 2.75. The van der Waals surface area contributed by atoms with Crippen molar-refractivity contribution in [2.45, 2.75) is 12.8 Å². The van der Waals surface area contributed by atoms with E-state index in [1.165, 1.54) is 0 Å². The fraction of sp³-hybridized carbons (Fsp3) is 0.118. The van der Waals surface area contributed by atoms with E-state index in [0.29, 0.717) is 18.8 Å². The number of nitrogens with one attached hydrogen (secondary N) is 1. The molecule has 0 atom stereocenters. The zero-order chi connectivity index (χ0) is 16.1. The van der Waals surface area contributed by atoms with Crippen molar-refractivity contribution in [1.29, 1.82) is 0 Å². The van der Waals surface area contributed by atoms with E-state index < -0.39 is 0 Å². The van der Waals surface area contributed by atoms with Crippen LogP contribution in [0.15, 0.2) is 54.0 Å². The lowest BCUT2D eigenvalue weighted by Gasteiger charge is -2.07. The Morgan fingerprint density at radius 2 is 2.00 bits per heavy atom. The fourth-order valence-electron chi connectivity index (χ4n) is 2.13. The summed E-state index contributed by atoms with van der Waals surface area (Å²) >= 11 is 1.64. The van der Waals surface area contributed by atoms with Crippen molar-refractivity contribution in [3.63, 3.8) is 0 Å². The van der Waals surface area contributed by atoms with Gasteiger partial charge in [-0.2, -0.15) is 0 Å². The molecular weight excluding hydrogens is 308 g/mol. The van der Waals surface area contributed by atoms with Gasteiger partial charge in [0, 0.05) is 18.3 Å². The molecule has 0 fully saturated rings. The third-order valence-corrected chi connectivity index (χ3v) is 4.19. The highest BCUT2D eigenvalue weighted by molar-refractivity contribution is 7.13.